The molecule has 1 unspecified atom stereocenters. The lowest BCUT2D eigenvalue weighted by atomic mass is 10.0. The Hall–Kier alpha value is -2.18. The monoisotopic (exact) mass is 328 g/mol. The number of aryl methyl sites for hydroxylation is 1. The van der Waals surface area contributed by atoms with E-state index in [1.165, 1.54) is 11.3 Å². The summed E-state index contributed by atoms with van der Waals surface area (Å²) in [6.45, 7) is 6.66. The van der Waals surface area contributed by atoms with Gasteiger partial charge >= 0.3 is 0 Å². The highest BCUT2D eigenvalue weighted by Gasteiger charge is 2.31. The van der Waals surface area contributed by atoms with Crippen LogP contribution >= 0.6 is 0 Å². The van der Waals surface area contributed by atoms with E-state index in [0.717, 1.165) is 31.0 Å². The van der Waals surface area contributed by atoms with E-state index in [-0.39, 0.29) is 6.04 Å². The minimum absolute atomic E-state index is 0.115. The molecule has 0 saturated carbocycles. The Bertz CT molecular complexity index is 681. The predicted molar refractivity (Wildman–Crippen MR) is 91.9 cm³/mol. The van der Waals surface area contributed by atoms with Crippen molar-refractivity contribution >= 4 is 0 Å². The molecule has 6 nitrogen and oxygen atoms in total. The van der Waals surface area contributed by atoms with Crippen molar-refractivity contribution in [3.8, 4) is 5.75 Å². The van der Waals surface area contributed by atoms with E-state index >= 15 is 0 Å². The summed E-state index contributed by atoms with van der Waals surface area (Å²) in [7, 11) is 3.63. The Balaban J connectivity index is 1.77. The lowest BCUT2D eigenvalue weighted by Crippen LogP contribution is -2.38. The summed E-state index contributed by atoms with van der Waals surface area (Å²) in [4.78, 5) is 2.40. The third-order valence-corrected chi connectivity index (χ3v) is 4.42. The van der Waals surface area contributed by atoms with E-state index in [2.05, 4.69) is 33.9 Å². The average molecular weight is 328 g/mol. The summed E-state index contributed by atoms with van der Waals surface area (Å²) < 4.78 is 12.8. The van der Waals surface area contributed by atoms with Crippen LogP contribution in [0.25, 0.3) is 0 Å². The Labute approximate surface area is 142 Å². The van der Waals surface area contributed by atoms with Gasteiger partial charge in [-0.15, -0.1) is 11.7 Å². The smallest absolute Gasteiger partial charge is 0.118 e. The maximum atomic E-state index is 5.74. The number of aromatic nitrogens is 3. The van der Waals surface area contributed by atoms with Crippen molar-refractivity contribution in [3.63, 3.8) is 0 Å². The van der Waals surface area contributed by atoms with Gasteiger partial charge in [0.05, 0.1) is 32.1 Å². The lowest BCUT2D eigenvalue weighted by molar-refractivity contribution is 0.0599. The van der Waals surface area contributed by atoms with Crippen LogP contribution in [0.5, 0.6) is 5.75 Å². The fourth-order valence-corrected chi connectivity index (χ4v) is 3.12. The van der Waals surface area contributed by atoms with Crippen molar-refractivity contribution in [3.05, 3.63) is 53.9 Å². The minimum atomic E-state index is 0.115. The molecule has 1 aromatic carbocycles. The quantitative estimate of drug-likeness (QED) is 0.576. The maximum Gasteiger partial charge on any atom is 0.118 e. The predicted octanol–water partition coefficient (Wildman–Crippen LogP) is 2.13. The van der Waals surface area contributed by atoms with Crippen LogP contribution in [0.2, 0.25) is 0 Å². The molecule has 3 rings (SSSR count). The topological polar surface area (TPSA) is 52.4 Å². The molecule has 1 aliphatic rings. The van der Waals surface area contributed by atoms with Gasteiger partial charge in [-0.25, -0.2) is 0 Å². The van der Waals surface area contributed by atoms with Crippen molar-refractivity contribution in [1.82, 2.24) is 19.9 Å². The van der Waals surface area contributed by atoms with Crippen molar-refractivity contribution in [2.45, 2.75) is 19.0 Å². The summed E-state index contributed by atoms with van der Waals surface area (Å²) in [6, 6.07) is 8.32. The fourth-order valence-electron chi connectivity index (χ4n) is 3.12. The van der Waals surface area contributed by atoms with E-state index in [4.69, 9.17) is 9.47 Å². The first kappa shape index (κ1) is 16.7. The molecule has 0 spiro atoms. The van der Waals surface area contributed by atoms with Crippen LogP contribution in [0.3, 0.4) is 0 Å². The Morgan fingerprint density at radius 2 is 2.12 bits per heavy atom. The summed E-state index contributed by atoms with van der Waals surface area (Å²) in [5.41, 5.74) is 3.48. The number of rotatable bonds is 7. The number of ether oxygens (including phenoxy) is 2. The molecular formula is C18H24N4O2. The molecule has 0 bridgehead atoms. The fraction of sp³-hybridized carbons (Fsp3) is 0.444. The van der Waals surface area contributed by atoms with E-state index in [1.54, 1.807) is 13.2 Å². The van der Waals surface area contributed by atoms with Crippen LogP contribution in [-0.2, 0) is 24.8 Å². The van der Waals surface area contributed by atoms with E-state index < -0.39 is 0 Å². The van der Waals surface area contributed by atoms with Gasteiger partial charge in [0.1, 0.15) is 11.4 Å². The van der Waals surface area contributed by atoms with Gasteiger partial charge in [-0.3, -0.25) is 9.58 Å². The number of fused-ring (bicyclic) bond motifs is 1. The van der Waals surface area contributed by atoms with Gasteiger partial charge in [-0.05, 0) is 17.7 Å². The molecule has 1 aromatic heterocycles. The molecule has 24 heavy (non-hydrogen) atoms. The summed E-state index contributed by atoms with van der Waals surface area (Å²) in [5.74, 6) is 0.875. The van der Waals surface area contributed by atoms with Crippen molar-refractivity contribution in [2.75, 3.05) is 26.9 Å². The number of methoxy groups -OCH3 is 1. The molecule has 6 heteroatoms. The standard InChI is InChI=1S/C18H24N4O2/c1-4-11-24-13-17-18-16(21(2)20-19-18)9-10-22(17)12-14-5-7-15(23-3)8-6-14/h4-8,17H,1,9-13H2,2-3H3. The molecule has 0 amide bonds. The second-order valence-electron chi connectivity index (χ2n) is 5.96. The zero-order valence-corrected chi connectivity index (χ0v) is 14.3. The summed E-state index contributed by atoms with van der Waals surface area (Å²) in [5, 5.41) is 8.57. The average Bonchev–Trinajstić information content (AvgIpc) is 2.98. The highest BCUT2D eigenvalue weighted by Crippen LogP contribution is 2.29. The Kier molecular flexibility index (Phi) is 5.27. The molecular weight excluding hydrogens is 304 g/mol. The van der Waals surface area contributed by atoms with Crippen molar-refractivity contribution in [2.24, 2.45) is 7.05 Å². The van der Waals surface area contributed by atoms with Crippen molar-refractivity contribution in [1.29, 1.82) is 0 Å². The molecule has 128 valence electrons. The second-order valence-corrected chi connectivity index (χ2v) is 5.96. The number of benzene rings is 1. The van der Waals surface area contributed by atoms with Crippen LogP contribution in [0.4, 0.5) is 0 Å². The normalized spacial score (nSPS) is 17.5. The second kappa shape index (κ2) is 7.59. The van der Waals surface area contributed by atoms with E-state index in [9.17, 15) is 0 Å². The van der Waals surface area contributed by atoms with Gasteiger partial charge in [0.15, 0.2) is 0 Å². The molecule has 2 heterocycles. The molecule has 0 fully saturated rings. The lowest BCUT2D eigenvalue weighted by Gasteiger charge is -2.34. The SMILES string of the molecule is C=CCOCC1c2nnn(C)c2CCN1Cc1ccc(OC)cc1. The first-order valence-electron chi connectivity index (χ1n) is 8.17. The molecule has 1 aliphatic heterocycles. The van der Waals surface area contributed by atoms with Gasteiger partial charge in [0, 0.05) is 26.6 Å². The number of hydrogen-bond donors (Lipinski definition) is 0. The third kappa shape index (κ3) is 3.49. The Morgan fingerprint density at radius 3 is 2.83 bits per heavy atom. The molecule has 1 atom stereocenters. The minimum Gasteiger partial charge on any atom is -0.497 e. The zero-order valence-electron chi connectivity index (χ0n) is 14.3. The van der Waals surface area contributed by atoms with Crippen LogP contribution in [-0.4, -0.2) is 46.8 Å². The highest BCUT2D eigenvalue weighted by atomic mass is 16.5. The van der Waals surface area contributed by atoms with E-state index in [0.29, 0.717) is 13.2 Å². The number of nitrogens with zero attached hydrogens (tertiary/aromatic N) is 4. The van der Waals surface area contributed by atoms with Gasteiger partial charge in [0.25, 0.3) is 0 Å². The first-order chi connectivity index (χ1) is 11.7. The van der Waals surface area contributed by atoms with E-state index in [1.807, 2.05) is 23.9 Å². The van der Waals surface area contributed by atoms with Gasteiger partial charge in [-0.1, -0.05) is 23.4 Å². The summed E-state index contributed by atoms with van der Waals surface area (Å²) in [6.07, 6.45) is 2.72. The molecule has 0 saturated heterocycles. The van der Waals surface area contributed by atoms with Crippen molar-refractivity contribution < 1.29 is 9.47 Å². The van der Waals surface area contributed by atoms with Crippen LogP contribution in [0, 0.1) is 0 Å². The van der Waals surface area contributed by atoms with Gasteiger partial charge in [-0.2, -0.15) is 0 Å². The Morgan fingerprint density at radius 1 is 1.33 bits per heavy atom. The third-order valence-electron chi connectivity index (χ3n) is 4.42. The highest BCUT2D eigenvalue weighted by molar-refractivity contribution is 5.28. The van der Waals surface area contributed by atoms with Crippen LogP contribution in [0.1, 0.15) is 23.0 Å². The molecule has 0 N–H and O–H groups in total. The van der Waals surface area contributed by atoms with Crippen LogP contribution in [0.15, 0.2) is 36.9 Å². The van der Waals surface area contributed by atoms with Crippen LogP contribution < -0.4 is 4.74 Å². The number of hydrogen-bond acceptors (Lipinski definition) is 5. The first-order valence-corrected chi connectivity index (χ1v) is 8.17. The zero-order chi connectivity index (χ0) is 16.9. The van der Waals surface area contributed by atoms with Gasteiger partial charge < -0.3 is 9.47 Å². The summed E-state index contributed by atoms with van der Waals surface area (Å²) >= 11 is 0. The van der Waals surface area contributed by atoms with Gasteiger partial charge in [0.2, 0.25) is 0 Å². The molecule has 0 radical (unpaired) electrons. The molecule has 2 aromatic rings. The maximum absolute atomic E-state index is 5.74. The largest absolute Gasteiger partial charge is 0.497 e. The molecule has 0 aliphatic carbocycles.